The van der Waals surface area contributed by atoms with Crippen molar-refractivity contribution in [2.75, 3.05) is 20.3 Å². The second kappa shape index (κ2) is 6.55. The van der Waals surface area contributed by atoms with Crippen molar-refractivity contribution in [1.82, 2.24) is 0 Å². The minimum Gasteiger partial charge on any atom is -0.491 e. The van der Waals surface area contributed by atoms with Gasteiger partial charge in [-0.1, -0.05) is 12.8 Å². The van der Waals surface area contributed by atoms with Crippen LogP contribution < -0.4 is 4.74 Å². The number of carbonyl (C=O) groups excluding carboxylic acids is 1. The monoisotopic (exact) mass is 248 g/mol. The van der Waals surface area contributed by atoms with Crippen molar-refractivity contribution in [2.24, 2.45) is 5.92 Å². The first-order valence-electron chi connectivity index (χ1n) is 6.57. The second-order valence-corrected chi connectivity index (χ2v) is 4.71. The zero-order valence-electron chi connectivity index (χ0n) is 10.9. The normalized spacial score (nSPS) is 15.8. The number of hydrogen-bond acceptors (Lipinski definition) is 3. The van der Waals surface area contributed by atoms with E-state index >= 15 is 0 Å². The van der Waals surface area contributed by atoms with Crippen molar-refractivity contribution >= 4 is 5.78 Å². The molecule has 0 bridgehead atoms. The number of methoxy groups -OCH3 is 1. The van der Waals surface area contributed by atoms with Gasteiger partial charge >= 0.3 is 0 Å². The van der Waals surface area contributed by atoms with Gasteiger partial charge in [0.25, 0.3) is 0 Å². The highest BCUT2D eigenvalue weighted by atomic mass is 16.5. The predicted molar refractivity (Wildman–Crippen MR) is 70.1 cm³/mol. The second-order valence-electron chi connectivity index (χ2n) is 4.71. The average molecular weight is 248 g/mol. The molecule has 0 radical (unpaired) electrons. The Kier molecular flexibility index (Phi) is 4.76. The molecule has 1 fully saturated rings. The third-order valence-electron chi connectivity index (χ3n) is 3.42. The lowest BCUT2D eigenvalue weighted by molar-refractivity contribution is 0.0923. The molecule has 98 valence electrons. The van der Waals surface area contributed by atoms with E-state index in [9.17, 15) is 4.79 Å². The van der Waals surface area contributed by atoms with E-state index < -0.39 is 0 Å². The molecule has 0 heterocycles. The quantitative estimate of drug-likeness (QED) is 0.573. The van der Waals surface area contributed by atoms with Gasteiger partial charge in [0.1, 0.15) is 12.4 Å². The van der Waals surface area contributed by atoms with Crippen LogP contribution in [0, 0.1) is 5.92 Å². The summed E-state index contributed by atoms with van der Waals surface area (Å²) < 4.78 is 10.4. The summed E-state index contributed by atoms with van der Waals surface area (Å²) in [6.45, 7) is 1.11. The Morgan fingerprint density at radius 3 is 2.44 bits per heavy atom. The highest BCUT2D eigenvalue weighted by molar-refractivity contribution is 5.98. The summed E-state index contributed by atoms with van der Waals surface area (Å²) in [5, 5.41) is 0. The molecular weight excluding hydrogens is 228 g/mol. The fourth-order valence-electron chi connectivity index (χ4n) is 2.38. The molecule has 0 unspecified atom stereocenters. The molecule has 1 saturated carbocycles. The largest absolute Gasteiger partial charge is 0.491 e. The lowest BCUT2D eigenvalue weighted by Gasteiger charge is -2.09. The summed E-state index contributed by atoms with van der Waals surface area (Å²) in [6.07, 6.45) is 4.47. The van der Waals surface area contributed by atoms with Crippen molar-refractivity contribution in [3.05, 3.63) is 29.8 Å². The van der Waals surface area contributed by atoms with Gasteiger partial charge in [-0.25, -0.2) is 0 Å². The maximum Gasteiger partial charge on any atom is 0.165 e. The Bertz CT molecular complexity index is 377. The Labute approximate surface area is 108 Å². The number of benzene rings is 1. The van der Waals surface area contributed by atoms with E-state index in [0.29, 0.717) is 13.2 Å². The molecule has 1 aliphatic carbocycles. The van der Waals surface area contributed by atoms with Crippen LogP contribution in [0.1, 0.15) is 36.0 Å². The zero-order chi connectivity index (χ0) is 12.8. The Morgan fingerprint density at radius 1 is 1.17 bits per heavy atom. The van der Waals surface area contributed by atoms with E-state index in [1.807, 2.05) is 24.3 Å². The van der Waals surface area contributed by atoms with Crippen LogP contribution in [0.2, 0.25) is 0 Å². The van der Waals surface area contributed by atoms with Crippen LogP contribution in [0.25, 0.3) is 0 Å². The Morgan fingerprint density at radius 2 is 1.83 bits per heavy atom. The molecular formula is C15H20O3. The first-order chi connectivity index (χ1) is 8.81. The van der Waals surface area contributed by atoms with E-state index in [1.54, 1.807) is 7.11 Å². The van der Waals surface area contributed by atoms with E-state index in [2.05, 4.69) is 0 Å². The standard InChI is InChI=1S/C15H20O3/c1-17-10-11-18-14-8-6-13(7-9-14)15(16)12-4-2-3-5-12/h6-9,12H,2-5,10-11H2,1H3. The molecule has 3 heteroatoms. The van der Waals surface area contributed by atoms with Crippen LogP contribution in [0.3, 0.4) is 0 Å². The maximum absolute atomic E-state index is 12.2. The van der Waals surface area contributed by atoms with E-state index in [0.717, 1.165) is 24.2 Å². The molecule has 18 heavy (non-hydrogen) atoms. The third-order valence-corrected chi connectivity index (χ3v) is 3.42. The van der Waals surface area contributed by atoms with E-state index in [4.69, 9.17) is 9.47 Å². The molecule has 1 aromatic rings. The molecule has 0 spiro atoms. The van der Waals surface area contributed by atoms with Crippen LogP contribution in [-0.4, -0.2) is 26.1 Å². The molecule has 1 aliphatic rings. The lowest BCUT2D eigenvalue weighted by atomic mass is 9.96. The number of ether oxygens (including phenoxy) is 2. The highest BCUT2D eigenvalue weighted by Crippen LogP contribution is 2.28. The lowest BCUT2D eigenvalue weighted by Crippen LogP contribution is -2.11. The summed E-state index contributed by atoms with van der Waals surface area (Å²) in [5.74, 6) is 1.32. The van der Waals surface area contributed by atoms with E-state index in [1.165, 1.54) is 12.8 Å². The molecule has 1 aromatic carbocycles. The number of carbonyl (C=O) groups is 1. The van der Waals surface area contributed by atoms with Crippen molar-refractivity contribution in [2.45, 2.75) is 25.7 Å². The van der Waals surface area contributed by atoms with Gasteiger partial charge < -0.3 is 9.47 Å². The van der Waals surface area contributed by atoms with Crippen molar-refractivity contribution < 1.29 is 14.3 Å². The smallest absolute Gasteiger partial charge is 0.165 e. The molecule has 0 N–H and O–H groups in total. The Hall–Kier alpha value is -1.35. The van der Waals surface area contributed by atoms with Crippen molar-refractivity contribution in [3.8, 4) is 5.75 Å². The average Bonchev–Trinajstić information content (AvgIpc) is 2.93. The topological polar surface area (TPSA) is 35.5 Å². The summed E-state index contributed by atoms with van der Waals surface area (Å²) in [5.41, 5.74) is 0.806. The first kappa shape index (κ1) is 13.1. The number of hydrogen-bond donors (Lipinski definition) is 0. The summed E-state index contributed by atoms with van der Waals surface area (Å²) in [4.78, 5) is 12.2. The molecule has 0 aliphatic heterocycles. The highest BCUT2D eigenvalue weighted by Gasteiger charge is 2.23. The van der Waals surface area contributed by atoms with E-state index in [-0.39, 0.29) is 11.7 Å². The van der Waals surface area contributed by atoms with Gasteiger partial charge in [-0.15, -0.1) is 0 Å². The minimum atomic E-state index is 0.241. The number of Topliss-reactive ketones (excluding diaryl/α,β-unsaturated/α-hetero) is 1. The van der Waals surface area contributed by atoms with Gasteiger partial charge in [-0.3, -0.25) is 4.79 Å². The van der Waals surface area contributed by atoms with Crippen LogP contribution in [-0.2, 0) is 4.74 Å². The van der Waals surface area contributed by atoms with Gasteiger partial charge in [0, 0.05) is 18.6 Å². The SMILES string of the molecule is COCCOc1ccc(C(=O)C2CCCC2)cc1. The molecule has 0 atom stereocenters. The molecule has 0 saturated heterocycles. The third kappa shape index (κ3) is 3.33. The van der Waals surface area contributed by atoms with Gasteiger partial charge in [0.15, 0.2) is 5.78 Å². The fraction of sp³-hybridized carbons (Fsp3) is 0.533. The number of ketones is 1. The molecule has 0 amide bonds. The minimum absolute atomic E-state index is 0.241. The number of rotatable bonds is 6. The van der Waals surface area contributed by atoms with Crippen LogP contribution in [0.5, 0.6) is 5.75 Å². The van der Waals surface area contributed by atoms with Gasteiger partial charge in [0.05, 0.1) is 6.61 Å². The summed E-state index contributed by atoms with van der Waals surface area (Å²) >= 11 is 0. The predicted octanol–water partition coefficient (Wildman–Crippen LogP) is 3.08. The molecule has 2 rings (SSSR count). The van der Waals surface area contributed by atoms with Gasteiger partial charge in [-0.05, 0) is 37.1 Å². The summed E-state index contributed by atoms with van der Waals surface area (Å²) in [6, 6.07) is 7.45. The van der Waals surface area contributed by atoms with Gasteiger partial charge in [0.2, 0.25) is 0 Å². The van der Waals surface area contributed by atoms with Gasteiger partial charge in [-0.2, -0.15) is 0 Å². The maximum atomic E-state index is 12.2. The van der Waals surface area contributed by atoms with Crippen molar-refractivity contribution in [1.29, 1.82) is 0 Å². The van der Waals surface area contributed by atoms with Crippen molar-refractivity contribution in [3.63, 3.8) is 0 Å². The molecule has 3 nitrogen and oxygen atoms in total. The summed E-state index contributed by atoms with van der Waals surface area (Å²) in [7, 11) is 1.65. The fourth-order valence-corrected chi connectivity index (χ4v) is 2.38. The first-order valence-corrected chi connectivity index (χ1v) is 6.57. The van der Waals surface area contributed by atoms with Crippen LogP contribution in [0.4, 0.5) is 0 Å². The van der Waals surface area contributed by atoms with Crippen LogP contribution in [0.15, 0.2) is 24.3 Å². The van der Waals surface area contributed by atoms with Crippen LogP contribution >= 0.6 is 0 Å². The Balaban J connectivity index is 1.92. The molecule has 0 aromatic heterocycles. The zero-order valence-corrected chi connectivity index (χ0v) is 10.9.